The van der Waals surface area contributed by atoms with Crippen LogP contribution in [0.2, 0.25) is 0 Å². The number of methoxy groups -OCH3 is 1. The molecule has 5 heteroatoms. The first-order valence-corrected chi connectivity index (χ1v) is 7.09. The summed E-state index contributed by atoms with van der Waals surface area (Å²) in [5.74, 6) is -1.24. The maximum Gasteiger partial charge on any atom is 0.307 e. The molecule has 0 heterocycles. The number of carbonyl (C=O) groups excluding carboxylic acids is 1. The number of carboxylic acid groups (broad SMARTS) is 1. The molecule has 5 nitrogen and oxygen atoms in total. The summed E-state index contributed by atoms with van der Waals surface area (Å²) >= 11 is 0. The van der Waals surface area contributed by atoms with Crippen LogP contribution in [0.4, 0.5) is 5.69 Å². The molecular weight excluding hydrogens is 270 g/mol. The average molecular weight is 291 g/mol. The molecule has 3 atom stereocenters. The Bertz CT molecular complexity index is 543. The number of hydrogen-bond donors (Lipinski definition) is 1. The molecule has 1 unspecified atom stereocenters. The minimum Gasteiger partial charge on any atom is -0.495 e. The number of para-hydroxylation sites is 2. The van der Waals surface area contributed by atoms with Crippen LogP contribution in [0.5, 0.6) is 5.75 Å². The lowest BCUT2D eigenvalue weighted by Crippen LogP contribution is -2.37. The number of carbonyl (C=O) groups is 2. The van der Waals surface area contributed by atoms with E-state index in [1.807, 2.05) is 19.1 Å². The lowest BCUT2D eigenvalue weighted by Gasteiger charge is -2.24. The van der Waals surface area contributed by atoms with Gasteiger partial charge in [0.2, 0.25) is 5.91 Å². The molecule has 1 fully saturated rings. The lowest BCUT2D eigenvalue weighted by molar-refractivity contribution is -0.145. The van der Waals surface area contributed by atoms with Gasteiger partial charge in [0.1, 0.15) is 5.75 Å². The second kappa shape index (κ2) is 6.16. The Morgan fingerprint density at radius 1 is 1.24 bits per heavy atom. The van der Waals surface area contributed by atoms with E-state index < -0.39 is 17.8 Å². The third-order valence-electron chi connectivity index (χ3n) is 4.21. The molecule has 114 valence electrons. The summed E-state index contributed by atoms with van der Waals surface area (Å²) in [6.45, 7) is 1.99. The summed E-state index contributed by atoms with van der Waals surface area (Å²) in [6.07, 6.45) is 1.18. The van der Waals surface area contributed by atoms with E-state index in [2.05, 4.69) is 0 Å². The fourth-order valence-corrected chi connectivity index (χ4v) is 3.11. The summed E-state index contributed by atoms with van der Waals surface area (Å²) in [5.41, 5.74) is 0.661. The zero-order chi connectivity index (χ0) is 15.6. The van der Waals surface area contributed by atoms with Gasteiger partial charge in [-0.05, 0) is 30.9 Å². The SMILES string of the molecule is COc1ccccc1N(C)C(=O)[C@H]1CC(C)C[C@H]1C(=O)O. The number of nitrogens with zero attached hydrogens (tertiary/aromatic N) is 1. The fourth-order valence-electron chi connectivity index (χ4n) is 3.11. The zero-order valence-electron chi connectivity index (χ0n) is 12.6. The summed E-state index contributed by atoms with van der Waals surface area (Å²) in [4.78, 5) is 25.5. The molecular formula is C16H21NO4. The topological polar surface area (TPSA) is 66.8 Å². The Morgan fingerprint density at radius 2 is 1.86 bits per heavy atom. The Morgan fingerprint density at radius 3 is 2.48 bits per heavy atom. The van der Waals surface area contributed by atoms with Crippen molar-refractivity contribution in [2.45, 2.75) is 19.8 Å². The lowest BCUT2D eigenvalue weighted by atomic mass is 9.94. The number of rotatable bonds is 4. The molecule has 1 aromatic carbocycles. The Labute approximate surface area is 124 Å². The van der Waals surface area contributed by atoms with Crippen molar-refractivity contribution < 1.29 is 19.4 Å². The van der Waals surface area contributed by atoms with Gasteiger partial charge in [-0.1, -0.05) is 19.1 Å². The Kier molecular flexibility index (Phi) is 4.50. The molecule has 0 spiro atoms. The van der Waals surface area contributed by atoms with Crippen LogP contribution in [0.3, 0.4) is 0 Å². The van der Waals surface area contributed by atoms with Crippen molar-refractivity contribution in [2.75, 3.05) is 19.1 Å². The van der Waals surface area contributed by atoms with Gasteiger partial charge >= 0.3 is 5.97 Å². The van der Waals surface area contributed by atoms with Crippen molar-refractivity contribution in [3.63, 3.8) is 0 Å². The molecule has 2 rings (SSSR count). The van der Waals surface area contributed by atoms with E-state index in [1.54, 1.807) is 26.3 Å². The van der Waals surface area contributed by atoms with E-state index in [9.17, 15) is 14.7 Å². The molecule has 0 saturated heterocycles. The first-order chi connectivity index (χ1) is 9.95. The van der Waals surface area contributed by atoms with Crippen molar-refractivity contribution >= 4 is 17.6 Å². The predicted octanol–water partition coefficient (Wildman–Crippen LogP) is 2.40. The summed E-state index contributed by atoms with van der Waals surface area (Å²) in [6, 6.07) is 7.24. The molecule has 1 aliphatic carbocycles. The van der Waals surface area contributed by atoms with Gasteiger partial charge in [-0.2, -0.15) is 0 Å². The first kappa shape index (κ1) is 15.4. The number of anilines is 1. The van der Waals surface area contributed by atoms with Crippen molar-refractivity contribution in [1.82, 2.24) is 0 Å². The summed E-state index contributed by atoms with van der Waals surface area (Å²) < 4.78 is 5.26. The van der Waals surface area contributed by atoms with Gasteiger partial charge in [-0.15, -0.1) is 0 Å². The third-order valence-corrected chi connectivity index (χ3v) is 4.21. The summed E-state index contributed by atoms with van der Waals surface area (Å²) in [7, 11) is 3.22. The largest absolute Gasteiger partial charge is 0.495 e. The molecule has 0 aliphatic heterocycles. The van der Waals surface area contributed by atoms with Gasteiger partial charge in [-0.25, -0.2) is 0 Å². The fraction of sp³-hybridized carbons (Fsp3) is 0.500. The van der Waals surface area contributed by atoms with Crippen LogP contribution >= 0.6 is 0 Å². The molecule has 1 aliphatic rings. The Balaban J connectivity index is 2.24. The van der Waals surface area contributed by atoms with Gasteiger partial charge in [0.15, 0.2) is 0 Å². The number of aliphatic carboxylic acids is 1. The van der Waals surface area contributed by atoms with Crippen LogP contribution in [0, 0.1) is 17.8 Å². The van der Waals surface area contributed by atoms with Gasteiger partial charge in [0, 0.05) is 7.05 Å². The highest BCUT2D eigenvalue weighted by Gasteiger charge is 2.42. The van der Waals surface area contributed by atoms with Crippen molar-refractivity contribution in [2.24, 2.45) is 17.8 Å². The monoisotopic (exact) mass is 291 g/mol. The van der Waals surface area contributed by atoms with Gasteiger partial charge in [0.05, 0.1) is 24.6 Å². The first-order valence-electron chi connectivity index (χ1n) is 7.09. The summed E-state index contributed by atoms with van der Waals surface area (Å²) in [5, 5.41) is 9.31. The maximum absolute atomic E-state index is 12.7. The van der Waals surface area contributed by atoms with Gasteiger partial charge < -0.3 is 14.7 Å². The average Bonchev–Trinajstić information content (AvgIpc) is 2.88. The predicted molar refractivity (Wildman–Crippen MR) is 79.4 cm³/mol. The van der Waals surface area contributed by atoms with Crippen LogP contribution in [0.15, 0.2) is 24.3 Å². The van der Waals surface area contributed by atoms with E-state index in [-0.39, 0.29) is 11.8 Å². The normalized spacial score (nSPS) is 24.6. The van der Waals surface area contributed by atoms with Crippen LogP contribution in [0.25, 0.3) is 0 Å². The second-order valence-electron chi connectivity index (χ2n) is 5.70. The third kappa shape index (κ3) is 3.01. The van der Waals surface area contributed by atoms with Crippen LogP contribution < -0.4 is 9.64 Å². The molecule has 1 aromatic rings. The highest BCUT2D eigenvalue weighted by molar-refractivity contribution is 5.98. The number of benzene rings is 1. The smallest absolute Gasteiger partial charge is 0.307 e. The highest BCUT2D eigenvalue weighted by atomic mass is 16.5. The van der Waals surface area contributed by atoms with Gasteiger partial charge in [0.25, 0.3) is 0 Å². The van der Waals surface area contributed by atoms with E-state index in [1.165, 1.54) is 4.90 Å². The molecule has 1 saturated carbocycles. The number of amides is 1. The van der Waals surface area contributed by atoms with E-state index in [4.69, 9.17) is 4.74 Å². The van der Waals surface area contributed by atoms with Crippen LogP contribution in [0.1, 0.15) is 19.8 Å². The van der Waals surface area contributed by atoms with Crippen LogP contribution in [-0.4, -0.2) is 31.1 Å². The molecule has 0 aromatic heterocycles. The van der Waals surface area contributed by atoms with E-state index in [0.29, 0.717) is 24.3 Å². The number of ether oxygens (including phenoxy) is 1. The standard InChI is InChI=1S/C16H21NO4/c1-10-8-11(12(9-10)16(19)20)15(18)17(2)13-6-4-5-7-14(13)21-3/h4-7,10-12H,8-9H2,1-3H3,(H,19,20)/t10?,11-,12+/m0/s1. The van der Waals surface area contributed by atoms with Gasteiger partial charge in [-0.3, -0.25) is 9.59 Å². The van der Waals surface area contributed by atoms with E-state index in [0.717, 1.165) is 0 Å². The quantitative estimate of drug-likeness (QED) is 0.925. The van der Waals surface area contributed by atoms with Crippen molar-refractivity contribution in [1.29, 1.82) is 0 Å². The second-order valence-corrected chi connectivity index (χ2v) is 5.70. The van der Waals surface area contributed by atoms with Crippen LogP contribution in [-0.2, 0) is 9.59 Å². The molecule has 1 N–H and O–H groups in total. The Hall–Kier alpha value is -2.04. The molecule has 0 radical (unpaired) electrons. The highest BCUT2D eigenvalue weighted by Crippen LogP contribution is 2.39. The van der Waals surface area contributed by atoms with E-state index >= 15 is 0 Å². The number of carboxylic acids is 1. The minimum absolute atomic E-state index is 0.156. The van der Waals surface area contributed by atoms with Crippen molar-refractivity contribution in [3.05, 3.63) is 24.3 Å². The number of hydrogen-bond acceptors (Lipinski definition) is 3. The minimum atomic E-state index is -0.883. The molecule has 0 bridgehead atoms. The zero-order valence-corrected chi connectivity index (χ0v) is 12.6. The maximum atomic E-state index is 12.7. The van der Waals surface area contributed by atoms with Crippen molar-refractivity contribution in [3.8, 4) is 5.75 Å². The molecule has 1 amide bonds. The molecule has 21 heavy (non-hydrogen) atoms.